The molecule has 33 heavy (non-hydrogen) atoms. The van der Waals surface area contributed by atoms with Crippen LogP contribution in [0.4, 0.5) is 5.69 Å². The Bertz CT molecular complexity index is 1090. The van der Waals surface area contributed by atoms with Crippen molar-refractivity contribution in [2.75, 3.05) is 31.1 Å². The van der Waals surface area contributed by atoms with Crippen molar-refractivity contribution >= 4 is 57.7 Å². The van der Waals surface area contributed by atoms with E-state index >= 15 is 0 Å². The average Bonchev–Trinajstić information content (AvgIpc) is 3.14. The van der Waals surface area contributed by atoms with Crippen LogP contribution in [0.15, 0.2) is 34.9 Å². The minimum Gasteiger partial charge on any atom is -0.368 e. The number of pyridine rings is 1. The van der Waals surface area contributed by atoms with E-state index in [9.17, 15) is 9.59 Å². The first-order valence-electron chi connectivity index (χ1n) is 11.1. The Balaban J connectivity index is 1.26. The van der Waals surface area contributed by atoms with Gasteiger partial charge in [0.15, 0.2) is 0 Å². The van der Waals surface area contributed by atoms with Crippen molar-refractivity contribution in [1.82, 2.24) is 20.1 Å². The molecule has 1 N–H and O–H groups in total. The van der Waals surface area contributed by atoms with Crippen molar-refractivity contribution < 1.29 is 9.59 Å². The van der Waals surface area contributed by atoms with Gasteiger partial charge in [0.25, 0.3) is 0 Å². The fourth-order valence-electron chi connectivity index (χ4n) is 5.01. The number of fused-ring (bicyclic) bond motifs is 1. The van der Waals surface area contributed by atoms with Gasteiger partial charge in [0.1, 0.15) is 5.15 Å². The fraction of sp³-hybridized carbons (Fsp3) is 0.435. The Morgan fingerprint density at radius 1 is 1.18 bits per heavy atom. The summed E-state index contributed by atoms with van der Waals surface area (Å²) >= 11 is 14.6. The van der Waals surface area contributed by atoms with Gasteiger partial charge in [-0.1, -0.05) is 29.8 Å². The number of nitrogens with one attached hydrogen (secondary N) is 1. The molecule has 0 aliphatic carbocycles. The fourth-order valence-corrected chi connectivity index (χ4v) is 6.13. The first-order chi connectivity index (χ1) is 15.9. The molecule has 0 bridgehead atoms. The van der Waals surface area contributed by atoms with Gasteiger partial charge < -0.3 is 4.90 Å². The van der Waals surface area contributed by atoms with Gasteiger partial charge in [-0.05, 0) is 45.1 Å². The van der Waals surface area contributed by atoms with E-state index in [1.807, 2.05) is 6.07 Å². The van der Waals surface area contributed by atoms with Crippen molar-refractivity contribution in [2.24, 2.45) is 0 Å². The molecule has 2 aromatic rings. The molecule has 2 saturated heterocycles. The number of hydrogen-bond acceptors (Lipinski definition) is 7. The summed E-state index contributed by atoms with van der Waals surface area (Å²) < 4.78 is 0.842. The Morgan fingerprint density at radius 2 is 1.97 bits per heavy atom. The number of anilines is 1. The second kappa shape index (κ2) is 9.54. The second-order valence-corrected chi connectivity index (χ2v) is 10.3. The SMILES string of the molecule is O=C1CCC(N2Cc3c(CN4CCN(c5ccnc(Cl)c5Br)CC4)cccc3C2S)C(=O)N1. The number of rotatable bonds is 4. The van der Waals surface area contributed by atoms with Crippen LogP contribution in [0.3, 0.4) is 0 Å². The molecule has 174 valence electrons. The molecule has 10 heteroatoms. The molecular formula is C23H25BrClN5O2S. The van der Waals surface area contributed by atoms with Crippen molar-refractivity contribution in [3.63, 3.8) is 0 Å². The molecule has 3 aliphatic rings. The van der Waals surface area contributed by atoms with Crippen molar-refractivity contribution in [3.8, 4) is 0 Å². The molecule has 2 atom stereocenters. The largest absolute Gasteiger partial charge is 0.368 e. The van der Waals surface area contributed by atoms with Crippen LogP contribution >= 0.6 is 40.2 Å². The van der Waals surface area contributed by atoms with Crippen LogP contribution in [0.1, 0.15) is 34.9 Å². The third kappa shape index (κ3) is 4.53. The van der Waals surface area contributed by atoms with Crippen molar-refractivity contribution in [3.05, 3.63) is 56.8 Å². The van der Waals surface area contributed by atoms with E-state index in [0.717, 1.165) is 48.4 Å². The third-order valence-corrected chi connectivity index (χ3v) is 8.66. The van der Waals surface area contributed by atoms with Crippen LogP contribution in [0, 0.1) is 0 Å². The third-order valence-electron chi connectivity index (χ3n) is 6.79. The van der Waals surface area contributed by atoms with E-state index in [1.54, 1.807) is 6.20 Å². The molecule has 0 spiro atoms. The molecule has 7 nitrogen and oxygen atoms in total. The van der Waals surface area contributed by atoms with Crippen molar-refractivity contribution in [1.29, 1.82) is 0 Å². The van der Waals surface area contributed by atoms with Crippen LogP contribution in [-0.2, 0) is 22.7 Å². The first kappa shape index (κ1) is 23.1. The molecule has 2 amide bonds. The number of piperazine rings is 1. The minimum atomic E-state index is -0.320. The molecule has 2 unspecified atom stereocenters. The van der Waals surface area contributed by atoms with Crippen molar-refractivity contribution in [2.45, 2.75) is 37.3 Å². The average molecular weight is 551 g/mol. The Morgan fingerprint density at radius 3 is 2.73 bits per heavy atom. The van der Waals surface area contributed by atoms with Gasteiger partial charge >= 0.3 is 0 Å². The van der Waals surface area contributed by atoms with Gasteiger partial charge in [0, 0.05) is 51.9 Å². The van der Waals surface area contributed by atoms with Crippen LogP contribution in [-0.4, -0.2) is 58.8 Å². The van der Waals surface area contributed by atoms with Crippen LogP contribution < -0.4 is 10.2 Å². The highest BCUT2D eigenvalue weighted by atomic mass is 79.9. The highest BCUT2D eigenvalue weighted by Crippen LogP contribution is 2.41. The number of halogens is 2. The lowest BCUT2D eigenvalue weighted by molar-refractivity contribution is -0.137. The van der Waals surface area contributed by atoms with E-state index in [0.29, 0.717) is 24.5 Å². The molecule has 3 aliphatic heterocycles. The quantitative estimate of drug-likeness (QED) is 0.346. The highest BCUT2D eigenvalue weighted by Gasteiger charge is 2.39. The maximum atomic E-state index is 12.4. The van der Waals surface area contributed by atoms with Gasteiger partial charge in [0.2, 0.25) is 11.8 Å². The number of carbonyl (C=O) groups is 2. The first-order valence-corrected chi connectivity index (χ1v) is 12.8. The smallest absolute Gasteiger partial charge is 0.243 e. The Kier molecular flexibility index (Phi) is 6.68. The number of imide groups is 1. The van der Waals surface area contributed by atoms with Gasteiger partial charge in [0.05, 0.1) is 21.6 Å². The van der Waals surface area contributed by atoms with E-state index in [2.05, 4.69) is 59.1 Å². The summed E-state index contributed by atoms with van der Waals surface area (Å²) in [7, 11) is 0. The van der Waals surface area contributed by atoms with Crippen LogP contribution in [0.2, 0.25) is 5.15 Å². The molecule has 0 saturated carbocycles. The molecule has 1 aromatic carbocycles. The molecular weight excluding hydrogens is 526 g/mol. The van der Waals surface area contributed by atoms with Gasteiger partial charge in [-0.25, -0.2) is 4.98 Å². The summed E-state index contributed by atoms with van der Waals surface area (Å²) in [4.78, 5) is 35.0. The number of thiol groups is 1. The predicted molar refractivity (Wildman–Crippen MR) is 134 cm³/mol. The number of carbonyl (C=O) groups excluding carboxylic acids is 2. The standard InChI is InChI=1S/C23H25BrClN5O2S/c24-20-17(6-7-26-21(20)25)29-10-8-28(9-11-29)12-14-2-1-3-15-16(14)13-30(23(15)33)18-4-5-19(31)27-22(18)32/h1-3,6-7,18,23,33H,4-5,8-13H2,(H,27,31,32). The maximum absolute atomic E-state index is 12.4. The molecule has 5 rings (SSSR count). The zero-order chi connectivity index (χ0) is 23.1. The molecule has 1 aromatic heterocycles. The van der Waals surface area contributed by atoms with Gasteiger partial charge in [-0.2, -0.15) is 12.6 Å². The van der Waals surface area contributed by atoms with E-state index in [-0.39, 0.29) is 23.2 Å². The lowest BCUT2D eigenvalue weighted by Crippen LogP contribution is -2.51. The number of amides is 2. The summed E-state index contributed by atoms with van der Waals surface area (Å²) in [6.07, 6.45) is 2.66. The summed E-state index contributed by atoms with van der Waals surface area (Å²) in [6.45, 7) is 5.24. The normalized spacial score (nSPS) is 24.2. The van der Waals surface area contributed by atoms with Crippen LogP contribution in [0.25, 0.3) is 0 Å². The lowest BCUT2D eigenvalue weighted by atomic mass is 10.0. The Hall–Kier alpha value is -1.65. The second-order valence-electron chi connectivity index (χ2n) is 8.70. The number of piperidine rings is 1. The van der Waals surface area contributed by atoms with E-state index in [1.165, 1.54) is 11.1 Å². The highest BCUT2D eigenvalue weighted by molar-refractivity contribution is 9.10. The van der Waals surface area contributed by atoms with E-state index < -0.39 is 0 Å². The summed E-state index contributed by atoms with van der Waals surface area (Å²) in [6, 6.07) is 8.04. The maximum Gasteiger partial charge on any atom is 0.243 e. The predicted octanol–water partition coefficient (Wildman–Crippen LogP) is 3.37. The minimum absolute atomic E-state index is 0.144. The Labute approximate surface area is 212 Å². The molecule has 2 fully saturated rings. The monoisotopic (exact) mass is 549 g/mol. The number of aromatic nitrogens is 1. The summed E-state index contributed by atoms with van der Waals surface area (Å²) in [5.41, 5.74) is 4.78. The summed E-state index contributed by atoms with van der Waals surface area (Å²) in [5.74, 6) is -0.400. The lowest BCUT2D eigenvalue weighted by Gasteiger charge is -2.36. The molecule has 0 radical (unpaired) electrons. The van der Waals surface area contributed by atoms with Gasteiger partial charge in [-0.15, -0.1) is 0 Å². The number of nitrogens with zero attached hydrogens (tertiary/aromatic N) is 4. The van der Waals surface area contributed by atoms with Crippen LogP contribution in [0.5, 0.6) is 0 Å². The molecule has 4 heterocycles. The summed E-state index contributed by atoms with van der Waals surface area (Å²) in [5, 5.41) is 2.82. The number of benzene rings is 1. The topological polar surface area (TPSA) is 68.8 Å². The zero-order valence-corrected chi connectivity index (χ0v) is 21.2. The zero-order valence-electron chi connectivity index (χ0n) is 18.0. The van der Waals surface area contributed by atoms with E-state index in [4.69, 9.17) is 24.2 Å². The van der Waals surface area contributed by atoms with Gasteiger partial charge in [-0.3, -0.25) is 24.7 Å². The number of hydrogen-bond donors (Lipinski definition) is 2.